The average Bonchev–Trinajstić information content (AvgIpc) is 2.66. The Morgan fingerprint density at radius 2 is 1.18 bits per heavy atom. The Labute approximate surface area is 163 Å². The first-order chi connectivity index (χ1) is 13.5. The van der Waals surface area contributed by atoms with Gasteiger partial charge in [-0.15, -0.1) is 0 Å². The lowest BCUT2D eigenvalue weighted by molar-refractivity contribution is -0.108. The van der Waals surface area contributed by atoms with Crippen LogP contribution < -0.4 is 10.6 Å². The zero-order chi connectivity index (χ0) is 20.3. The Morgan fingerprint density at radius 3 is 1.57 bits per heavy atom. The summed E-state index contributed by atoms with van der Waals surface area (Å²) in [7, 11) is 0. The standard InChI is InChI=1S/C22H22N2O4/c1-13(9-11-25)23-17-7-3-5-15-19(17)22(28)20-16(21(15)27)6-4-8-18(20)24-14(2)10-12-26/h3-8,11-14,23-24H,9-10H2,1-2H3. The van der Waals surface area contributed by atoms with E-state index in [4.69, 9.17) is 0 Å². The summed E-state index contributed by atoms with van der Waals surface area (Å²) in [5.41, 5.74) is 2.39. The highest BCUT2D eigenvalue weighted by atomic mass is 16.1. The molecule has 0 fully saturated rings. The van der Waals surface area contributed by atoms with Gasteiger partial charge in [0.25, 0.3) is 0 Å². The summed E-state index contributed by atoms with van der Waals surface area (Å²) in [6.45, 7) is 3.68. The Bertz CT molecular complexity index is 878. The molecule has 0 radical (unpaired) electrons. The third-order valence-electron chi connectivity index (χ3n) is 4.78. The third kappa shape index (κ3) is 3.58. The highest BCUT2D eigenvalue weighted by Gasteiger charge is 2.33. The van der Waals surface area contributed by atoms with Gasteiger partial charge < -0.3 is 20.2 Å². The second-order valence-electron chi connectivity index (χ2n) is 7.01. The molecule has 1 aliphatic rings. The number of benzene rings is 2. The fourth-order valence-electron chi connectivity index (χ4n) is 3.42. The van der Waals surface area contributed by atoms with Gasteiger partial charge in [-0.05, 0) is 26.0 Å². The lowest BCUT2D eigenvalue weighted by Crippen LogP contribution is -2.27. The first-order valence-electron chi connectivity index (χ1n) is 9.23. The van der Waals surface area contributed by atoms with E-state index in [0.29, 0.717) is 46.5 Å². The Morgan fingerprint density at radius 1 is 0.750 bits per heavy atom. The second-order valence-corrected chi connectivity index (χ2v) is 7.01. The molecule has 2 aromatic carbocycles. The smallest absolute Gasteiger partial charge is 0.198 e. The van der Waals surface area contributed by atoms with Crippen LogP contribution in [0.5, 0.6) is 0 Å². The SMILES string of the molecule is CC(CC=O)Nc1cccc2c1C(=O)c1c(NC(C)CC=O)cccc1C2=O. The monoisotopic (exact) mass is 378 g/mol. The number of carbonyl (C=O) groups is 4. The normalized spacial score (nSPS) is 14.5. The third-order valence-corrected chi connectivity index (χ3v) is 4.78. The van der Waals surface area contributed by atoms with Gasteiger partial charge in [0, 0.05) is 47.4 Å². The minimum Gasteiger partial charge on any atom is -0.382 e. The minimum atomic E-state index is -0.257. The van der Waals surface area contributed by atoms with Gasteiger partial charge in [-0.1, -0.05) is 24.3 Å². The zero-order valence-electron chi connectivity index (χ0n) is 15.8. The van der Waals surface area contributed by atoms with Crippen LogP contribution in [-0.4, -0.2) is 36.2 Å². The van der Waals surface area contributed by atoms with Gasteiger partial charge in [-0.2, -0.15) is 0 Å². The van der Waals surface area contributed by atoms with Crippen molar-refractivity contribution in [3.8, 4) is 0 Å². The van der Waals surface area contributed by atoms with Crippen LogP contribution in [0.3, 0.4) is 0 Å². The summed E-state index contributed by atoms with van der Waals surface area (Å²) >= 11 is 0. The molecule has 28 heavy (non-hydrogen) atoms. The Hall–Kier alpha value is -3.28. The molecule has 0 bridgehead atoms. The lowest BCUT2D eigenvalue weighted by atomic mass is 9.82. The van der Waals surface area contributed by atoms with Crippen LogP contribution >= 0.6 is 0 Å². The first kappa shape index (κ1) is 19.5. The van der Waals surface area contributed by atoms with E-state index in [1.165, 1.54) is 0 Å². The summed E-state index contributed by atoms with van der Waals surface area (Å²) < 4.78 is 0. The van der Waals surface area contributed by atoms with E-state index in [-0.39, 0.29) is 23.7 Å². The van der Waals surface area contributed by atoms with E-state index in [9.17, 15) is 19.2 Å². The van der Waals surface area contributed by atoms with Crippen LogP contribution in [0.25, 0.3) is 0 Å². The molecule has 0 heterocycles. The van der Waals surface area contributed by atoms with E-state index in [1.807, 2.05) is 13.8 Å². The van der Waals surface area contributed by atoms with Crippen molar-refractivity contribution in [3.05, 3.63) is 58.7 Å². The molecule has 144 valence electrons. The van der Waals surface area contributed by atoms with E-state index in [1.54, 1.807) is 36.4 Å². The maximum Gasteiger partial charge on any atom is 0.198 e. The summed E-state index contributed by atoms with van der Waals surface area (Å²) in [6.07, 6.45) is 2.20. The molecule has 2 N–H and O–H groups in total. The van der Waals surface area contributed by atoms with Crippen LogP contribution in [0.4, 0.5) is 11.4 Å². The van der Waals surface area contributed by atoms with Gasteiger partial charge in [-0.3, -0.25) is 9.59 Å². The van der Waals surface area contributed by atoms with Crippen molar-refractivity contribution in [2.24, 2.45) is 0 Å². The van der Waals surface area contributed by atoms with Crippen molar-refractivity contribution < 1.29 is 19.2 Å². The highest BCUT2D eigenvalue weighted by molar-refractivity contribution is 6.31. The maximum atomic E-state index is 13.4. The lowest BCUT2D eigenvalue weighted by Gasteiger charge is -2.25. The molecule has 3 rings (SSSR count). The number of fused-ring (bicyclic) bond motifs is 2. The Balaban J connectivity index is 2.08. The number of carbonyl (C=O) groups excluding carboxylic acids is 4. The number of hydrogen-bond donors (Lipinski definition) is 2. The number of ketones is 2. The van der Waals surface area contributed by atoms with E-state index in [2.05, 4.69) is 10.6 Å². The molecule has 6 nitrogen and oxygen atoms in total. The number of hydrogen-bond acceptors (Lipinski definition) is 6. The molecule has 1 aliphatic carbocycles. The molecular weight excluding hydrogens is 356 g/mol. The number of nitrogens with one attached hydrogen (secondary N) is 2. The van der Waals surface area contributed by atoms with Gasteiger partial charge in [0.05, 0.1) is 11.1 Å². The van der Waals surface area contributed by atoms with Crippen LogP contribution in [-0.2, 0) is 9.59 Å². The van der Waals surface area contributed by atoms with Gasteiger partial charge in [0.15, 0.2) is 11.6 Å². The van der Waals surface area contributed by atoms with Gasteiger partial charge >= 0.3 is 0 Å². The molecule has 0 saturated heterocycles. The second kappa shape index (κ2) is 8.17. The molecule has 2 unspecified atom stereocenters. The molecule has 6 heteroatoms. The number of rotatable bonds is 8. The quantitative estimate of drug-likeness (QED) is 0.585. The predicted octanol–water partition coefficient (Wildman–Crippen LogP) is 3.24. The molecule has 2 aromatic rings. The van der Waals surface area contributed by atoms with Crippen molar-refractivity contribution >= 4 is 35.5 Å². The molecule has 0 spiro atoms. The maximum absolute atomic E-state index is 13.4. The first-order valence-corrected chi connectivity index (χ1v) is 9.23. The summed E-state index contributed by atoms with van der Waals surface area (Å²) in [5.74, 6) is -0.476. The fourth-order valence-corrected chi connectivity index (χ4v) is 3.42. The summed E-state index contributed by atoms with van der Waals surface area (Å²) in [5, 5.41) is 6.32. The molecule has 2 atom stereocenters. The van der Waals surface area contributed by atoms with E-state index in [0.717, 1.165) is 12.6 Å². The number of anilines is 2. The highest BCUT2D eigenvalue weighted by Crippen LogP contribution is 2.36. The van der Waals surface area contributed by atoms with Gasteiger partial charge in [-0.25, -0.2) is 0 Å². The molecule has 0 aromatic heterocycles. The van der Waals surface area contributed by atoms with Crippen molar-refractivity contribution in [1.29, 1.82) is 0 Å². The molecular formula is C22H22N2O4. The van der Waals surface area contributed by atoms with Crippen LogP contribution in [0.2, 0.25) is 0 Å². The minimum absolute atomic E-state index is 0.172. The topological polar surface area (TPSA) is 92.3 Å². The van der Waals surface area contributed by atoms with Crippen LogP contribution in [0.1, 0.15) is 58.5 Å². The number of aldehydes is 2. The predicted molar refractivity (Wildman–Crippen MR) is 107 cm³/mol. The largest absolute Gasteiger partial charge is 0.382 e. The van der Waals surface area contributed by atoms with Crippen molar-refractivity contribution in [1.82, 2.24) is 0 Å². The zero-order valence-corrected chi connectivity index (χ0v) is 15.8. The molecule has 0 aliphatic heterocycles. The average molecular weight is 378 g/mol. The van der Waals surface area contributed by atoms with Crippen molar-refractivity contribution in [2.75, 3.05) is 10.6 Å². The summed E-state index contributed by atoms with van der Waals surface area (Å²) in [6, 6.07) is 9.86. The Kier molecular flexibility index (Phi) is 5.68. The molecule has 0 saturated carbocycles. The van der Waals surface area contributed by atoms with Crippen molar-refractivity contribution in [2.45, 2.75) is 38.8 Å². The fraction of sp³-hybridized carbons (Fsp3) is 0.273. The van der Waals surface area contributed by atoms with Crippen LogP contribution in [0.15, 0.2) is 36.4 Å². The van der Waals surface area contributed by atoms with Gasteiger partial charge in [0.1, 0.15) is 12.6 Å². The van der Waals surface area contributed by atoms with Gasteiger partial charge in [0.2, 0.25) is 0 Å². The molecule has 0 amide bonds. The van der Waals surface area contributed by atoms with Crippen molar-refractivity contribution in [3.63, 3.8) is 0 Å². The van der Waals surface area contributed by atoms with Crippen LogP contribution in [0, 0.1) is 0 Å². The van der Waals surface area contributed by atoms with E-state index < -0.39 is 0 Å². The summed E-state index contributed by atoms with van der Waals surface area (Å²) in [4.78, 5) is 48.0. The van der Waals surface area contributed by atoms with E-state index >= 15 is 0 Å².